The molecule has 2 fully saturated rings. The van der Waals surface area contributed by atoms with E-state index in [2.05, 4.69) is 10.2 Å². The van der Waals surface area contributed by atoms with E-state index in [1.165, 1.54) is 37.1 Å². The van der Waals surface area contributed by atoms with E-state index in [-0.39, 0.29) is 17.8 Å². The summed E-state index contributed by atoms with van der Waals surface area (Å²) in [6.45, 7) is 0. The lowest BCUT2D eigenvalue weighted by molar-refractivity contribution is -0.384. The fourth-order valence-electron chi connectivity index (χ4n) is 4.16. The van der Waals surface area contributed by atoms with Crippen molar-refractivity contribution in [2.45, 2.75) is 82.1 Å². The van der Waals surface area contributed by atoms with Crippen LogP contribution in [0.15, 0.2) is 24.3 Å². The molecule has 0 bridgehead atoms. The summed E-state index contributed by atoms with van der Waals surface area (Å²) >= 11 is 0. The molecule has 150 valence electrons. The summed E-state index contributed by atoms with van der Waals surface area (Å²) < 4.78 is 13.9. The van der Waals surface area contributed by atoms with Crippen LogP contribution in [0, 0.1) is 10.1 Å². The fraction of sp³-hybridized carbons (Fsp3) is 0.684. The van der Waals surface area contributed by atoms with E-state index in [4.69, 9.17) is 0 Å². The minimum Gasteiger partial charge on any atom is -0.378 e. The van der Waals surface area contributed by atoms with Gasteiger partial charge in [-0.3, -0.25) is 14.7 Å². The number of hydrogen-bond acceptors (Lipinski definition) is 4. The summed E-state index contributed by atoms with van der Waals surface area (Å²) in [5.74, 6) is -1.22. The van der Waals surface area contributed by atoms with Crippen LogP contribution in [-0.4, -0.2) is 22.1 Å². The summed E-state index contributed by atoms with van der Waals surface area (Å²) in [7, 11) is -3.32. The molecule has 27 heavy (non-hydrogen) atoms. The third-order valence-corrected chi connectivity index (χ3v) is 8.19. The number of nitro benzene ring substituents is 1. The molecule has 7 nitrogen and oxygen atoms in total. The second-order valence-corrected chi connectivity index (χ2v) is 10.1. The fourth-order valence-corrected chi connectivity index (χ4v) is 6.71. The summed E-state index contributed by atoms with van der Waals surface area (Å²) in [4.78, 5) is 10.4. The largest absolute Gasteiger partial charge is 0.378 e. The van der Waals surface area contributed by atoms with E-state index in [1.54, 1.807) is 0 Å². The van der Waals surface area contributed by atoms with Gasteiger partial charge in [-0.1, -0.05) is 38.5 Å². The van der Waals surface area contributed by atoms with Gasteiger partial charge in [0.25, 0.3) is 5.69 Å². The molecule has 2 aliphatic carbocycles. The third-order valence-electron chi connectivity index (χ3n) is 5.71. The summed E-state index contributed by atoms with van der Waals surface area (Å²) in [5, 5.41) is 28.4. The van der Waals surface area contributed by atoms with Gasteiger partial charge in [0, 0.05) is 24.2 Å². The Balaban J connectivity index is 1.79. The van der Waals surface area contributed by atoms with Crippen LogP contribution in [0.2, 0.25) is 0 Å². The first-order valence-corrected chi connectivity index (χ1v) is 11.8. The van der Waals surface area contributed by atoms with Crippen molar-refractivity contribution in [2.75, 3.05) is 0 Å². The van der Waals surface area contributed by atoms with Crippen LogP contribution < -0.4 is 10.2 Å². The average molecular weight is 395 g/mol. The van der Waals surface area contributed by atoms with Gasteiger partial charge in [0.2, 0.25) is 7.44 Å². The highest BCUT2D eigenvalue weighted by atomic mass is 31.2. The number of nitrogens with zero attached hydrogens (tertiary/aromatic N) is 1. The SMILES string of the molecule is O=[N+]([O-])c1ccc(C(O)P(=O)(NC2CCCCC2)NC2CCCCC2)cc1. The normalized spacial score (nSPS) is 21.1. The molecule has 2 aliphatic rings. The molecular weight excluding hydrogens is 365 g/mol. The molecule has 0 saturated heterocycles. The van der Waals surface area contributed by atoms with Crippen LogP contribution in [0.3, 0.4) is 0 Å². The molecule has 3 N–H and O–H groups in total. The zero-order valence-electron chi connectivity index (χ0n) is 15.7. The van der Waals surface area contributed by atoms with Crippen molar-refractivity contribution in [1.29, 1.82) is 0 Å². The molecule has 1 aromatic rings. The van der Waals surface area contributed by atoms with Crippen molar-refractivity contribution < 1.29 is 14.6 Å². The van der Waals surface area contributed by atoms with Gasteiger partial charge in [0.15, 0.2) is 5.85 Å². The van der Waals surface area contributed by atoms with Crippen molar-refractivity contribution in [3.05, 3.63) is 39.9 Å². The molecule has 1 aromatic carbocycles. The topological polar surface area (TPSA) is 104 Å². The van der Waals surface area contributed by atoms with Gasteiger partial charge < -0.3 is 5.11 Å². The lowest BCUT2D eigenvalue weighted by atomic mass is 9.96. The Kier molecular flexibility index (Phi) is 7.04. The first-order valence-electron chi connectivity index (χ1n) is 10.1. The lowest BCUT2D eigenvalue weighted by Gasteiger charge is -2.35. The highest BCUT2D eigenvalue weighted by Gasteiger charge is 2.37. The van der Waals surface area contributed by atoms with Gasteiger partial charge in [-0.2, -0.15) is 0 Å². The van der Waals surface area contributed by atoms with E-state index in [1.807, 2.05) is 0 Å². The highest BCUT2D eigenvalue weighted by molar-refractivity contribution is 7.60. The molecule has 2 saturated carbocycles. The Hall–Kier alpha value is -1.27. The minimum absolute atomic E-state index is 0.0405. The maximum absolute atomic E-state index is 13.9. The van der Waals surface area contributed by atoms with Crippen molar-refractivity contribution in [2.24, 2.45) is 0 Å². The Labute approximate surface area is 160 Å². The Morgan fingerprint density at radius 2 is 1.37 bits per heavy atom. The van der Waals surface area contributed by atoms with Crippen molar-refractivity contribution in [3.63, 3.8) is 0 Å². The van der Waals surface area contributed by atoms with E-state index >= 15 is 0 Å². The van der Waals surface area contributed by atoms with Crippen LogP contribution >= 0.6 is 7.44 Å². The summed E-state index contributed by atoms with van der Waals surface area (Å²) in [6, 6.07) is 5.97. The number of rotatable bonds is 7. The van der Waals surface area contributed by atoms with Crippen LogP contribution in [0.25, 0.3) is 0 Å². The molecule has 0 amide bonds. The smallest absolute Gasteiger partial charge is 0.269 e. The van der Waals surface area contributed by atoms with Crippen molar-refractivity contribution >= 4 is 13.1 Å². The lowest BCUT2D eigenvalue weighted by Crippen LogP contribution is -2.40. The second kappa shape index (κ2) is 9.28. The zero-order chi connectivity index (χ0) is 19.3. The zero-order valence-corrected chi connectivity index (χ0v) is 16.6. The van der Waals surface area contributed by atoms with Crippen LogP contribution in [0.4, 0.5) is 5.69 Å². The number of nitro groups is 1. The molecular formula is C19H30N3O4P. The Morgan fingerprint density at radius 3 is 1.78 bits per heavy atom. The van der Waals surface area contributed by atoms with Crippen LogP contribution in [-0.2, 0) is 4.57 Å². The highest BCUT2D eigenvalue weighted by Crippen LogP contribution is 2.53. The van der Waals surface area contributed by atoms with Crippen molar-refractivity contribution in [3.8, 4) is 0 Å². The predicted octanol–water partition coefficient (Wildman–Crippen LogP) is 4.62. The minimum atomic E-state index is -3.32. The predicted molar refractivity (Wildman–Crippen MR) is 106 cm³/mol. The molecule has 0 radical (unpaired) electrons. The first kappa shape index (κ1) is 20.5. The molecule has 3 rings (SSSR count). The van der Waals surface area contributed by atoms with Gasteiger partial charge in [-0.05, 0) is 43.4 Å². The number of non-ortho nitro benzene ring substituents is 1. The Bertz CT molecular complexity index is 646. The van der Waals surface area contributed by atoms with E-state index in [9.17, 15) is 19.8 Å². The molecule has 1 unspecified atom stereocenters. The number of aliphatic hydroxyl groups is 1. The molecule has 8 heteroatoms. The maximum Gasteiger partial charge on any atom is 0.269 e. The standard InChI is InChI=1S/C19H30N3O4P/c23-19(15-11-13-18(14-12-15)22(24)25)27(26,20-16-7-3-1-4-8-16)21-17-9-5-2-6-10-17/h11-14,16-17,19,23H,1-10H2,(H2,20,21,26). The number of nitrogens with one attached hydrogen (secondary N) is 2. The maximum atomic E-state index is 13.9. The van der Waals surface area contributed by atoms with Crippen LogP contribution in [0.1, 0.15) is 75.6 Å². The van der Waals surface area contributed by atoms with Crippen LogP contribution in [0.5, 0.6) is 0 Å². The van der Waals surface area contributed by atoms with Gasteiger partial charge in [-0.15, -0.1) is 0 Å². The van der Waals surface area contributed by atoms with Crippen molar-refractivity contribution in [1.82, 2.24) is 10.2 Å². The number of benzene rings is 1. The third kappa shape index (κ3) is 5.38. The number of aliphatic hydroxyl groups excluding tert-OH is 1. The molecule has 0 spiro atoms. The molecule has 1 atom stereocenters. The van der Waals surface area contributed by atoms with E-state index in [0.717, 1.165) is 51.4 Å². The van der Waals surface area contributed by atoms with Gasteiger partial charge >= 0.3 is 0 Å². The number of hydrogen-bond donors (Lipinski definition) is 3. The molecule has 0 heterocycles. The second-order valence-electron chi connectivity index (χ2n) is 7.81. The van der Waals surface area contributed by atoms with E-state index in [0.29, 0.717) is 5.56 Å². The monoisotopic (exact) mass is 395 g/mol. The van der Waals surface area contributed by atoms with E-state index < -0.39 is 18.2 Å². The Morgan fingerprint density at radius 1 is 0.926 bits per heavy atom. The molecule has 0 aliphatic heterocycles. The van der Waals surface area contributed by atoms with Gasteiger partial charge in [0.1, 0.15) is 0 Å². The van der Waals surface area contributed by atoms with Gasteiger partial charge in [0.05, 0.1) is 4.92 Å². The average Bonchev–Trinajstić information content (AvgIpc) is 2.69. The first-order chi connectivity index (χ1) is 13.0. The quantitative estimate of drug-likeness (QED) is 0.353. The molecule has 0 aromatic heterocycles. The summed E-state index contributed by atoms with van der Waals surface area (Å²) in [6.07, 6.45) is 10.7. The van der Waals surface area contributed by atoms with Gasteiger partial charge in [-0.25, -0.2) is 10.2 Å². The summed E-state index contributed by atoms with van der Waals surface area (Å²) in [5.41, 5.74) is 0.400.